The lowest BCUT2D eigenvalue weighted by Gasteiger charge is -2.10. The van der Waals surface area contributed by atoms with Gasteiger partial charge in [-0.15, -0.1) is 0 Å². The van der Waals surface area contributed by atoms with E-state index in [0.717, 1.165) is 16.8 Å². The summed E-state index contributed by atoms with van der Waals surface area (Å²) in [6, 6.07) is 10.5. The van der Waals surface area contributed by atoms with Gasteiger partial charge in [0.1, 0.15) is 17.5 Å². The van der Waals surface area contributed by atoms with Crippen LogP contribution in [0.15, 0.2) is 48.7 Å². The Hall–Kier alpha value is -2.69. The van der Waals surface area contributed by atoms with Crippen molar-refractivity contribution in [2.24, 2.45) is 0 Å². The minimum absolute atomic E-state index is 0.170. The minimum atomic E-state index is -0.667. The van der Waals surface area contributed by atoms with E-state index in [0.29, 0.717) is 11.5 Å². The molecule has 5 heteroatoms. The third-order valence-corrected chi connectivity index (χ3v) is 2.97. The maximum atomic E-state index is 13.7. The number of benzene rings is 2. The van der Waals surface area contributed by atoms with E-state index in [4.69, 9.17) is 5.73 Å². The van der Waals surface area contributed by atoms with Gasteiger partial charge in [0.25, 0.3) is 0 Å². The predicted octanol–water partition coefficient (Wildman–Crippen LogP) is 3.84. The van der Waals surface area contributed by atoms with Crippen molar-refractivity contribution in [3.63, 3.8) is 0 Å². The Morgan fingerprint density at radius 3 is 2.65 bits per heavy atom. The largest absolute Gasteiger partial charge is 0.399 e. The number of rotatable bonds is 2. The Balaban J connectivity index is 2.06. The molecule has 3 rings (SSSR count). The molecule has 0 atom stereocenters. The van der Waals surface area contributed by atoms with Gasteiger partial charge < -0.3 is 11.1 Å². The molecule has 0 aliphatic heterocycles. The Morgan fingerprint density at radius 1 is 1.00 bits per heavy atom. The van der Waals surface area contributed by atoms with Crippen molar-refractivity contribution in [3.05, 3.63) is 60.3 Å². The van der Waals surface area contributed by atoms with Crippen molar-refractivity contribution in [1.29, 1.82) is 0 Å². The zero-order valence-electron chi connectivity index (χ0n) is 10.4. The Bertz CT molecular complexity index is 787. The molecule has 3 N–H and O–H groups in total. The van der Waals surface area contributed by atoms with Gasteiger partial charge in [0.15, 0.2) is 0 Å². The van der Waals surface area contributed by atoms with Crippen LogP contribution in [0.25, 0.3) is 10.8 Å². The first-order valence-electron chi connectivity index (χ1n) is 6.00. The summed E-state index contributed by atoms with van der Waals surface area (Å²) in [5.74, 6) is -0.793. The molecule has 1 heterocycles. The molecule has 0 saturated carbocycles. The summed E-state index contributed by atoms with van der Waals surface area (Å²) in [6.07, 6.45) is 1.60. The molecule has 0 unspecified atom stereocenters. The number of hydrogen-bond donors (Lipinski definition) is 2. The minimum Gasteiger partial charge on any atom is -0.399 e. The summed E-state index contributed by atoms with van der Waals surface area (Å²) < 4.78 is 26.5. The van der Waals surface area contributed by atoms with Crippen LogP contribution in [0.3, 0.4) is 0 Å². The van der Waals surface area contributed by atoms with E-state index in [2.05, 4.69) is 10.3 Å². The lowest BCUT2D eigenvalue weighted by molar-refractivity contribution is 0.586. The highest BCUT2D eigenvalue weighted by Crippen LogP contribution is 2.27. The number of fused-ring (bicyclic) bond motifs is 1. The van der Waals surface area contributed by atoms with Gasteiger partial charge in [-0.25, -0.2) is 13.8 Å². The highest BCUT2D eigenvalue weighted by atomic mass is 19.1. The molecular formula is C15H11F2N3. The van der Waals surface area contributed by atoms with E-state index in [1.165, 1.54) is 12.1 Å². The van der Waals surface area contributed by atoms with Gasteiger partial charge in [0.05, 0.1) is 5.69 Å². The summed E-state index contributed by atoms with van der Waals surface area (Å²) in [5.41, 5.74) is 6.54. The van der Waals surface area contributed by atoms with Crippen LogP contribution in [0.2, 0.25) is 0 Å². The molecule has 0 amide bonds. The zero-order valence-corrected chi connectivity index (χ0v) is 10.4. The van der Waals surface area contributed by atoms with Gasteiger partial charge in [0.2, 0.25) is 0 Å². The van der Waals surface area contributed by atoms with Crippen molar-refractivity contribution in [3.8, 4) is 0 Å². The quantitative estimate of drug-likeness (QED) is 0.696. The number of nitrogens with two attached hydrogens (primary N) is 1. The fraction of sp³-hybridized carbons (Fsp3) is 0. The average Bonchev–Trinajstić information content (AvgIpc) is 2.41. The third kappa shape index (κ3) is 2.25. The lowest BCUT2D eigenvalue weighted by Crippen LogP contribution is -1.98. The number of hydrogen-bond acceptors (Lipinski definition) is 3. The van der Waals surface area contributed by atoms with Gasteiger partial charge >= 0.3 is 0 Å². The van der Waals surface area contributed by atoms with E-state index in [1.54, 1.807) is 18.3 Å². The molecule has 20 heavy (non-hydrogen) atoms. The molecule has 0 fully saturated rings. The fourth-order valence-electron chi connectivity index (χ4n) is 2.01. The molecule has 100 valence electrons. The third-order valence-electron chi connectivity index (χ3n) is 2.97. The first-order chi connectivity index (χ1) is 9.63. The number of pyridine rings is 1. The number of nitrogens with zero attached hydrogens (tertiary/aromatic N) is 1. The SMILES string of the molecule is Nc1ccc2c(Nc3ccc(F)cc3F)nccc2c1. The van der Waals surface area contributed by atoms with Crippen LogP contribution >= 0.6 is 0 Å². The smallest absolute Gasteiger partial charge is 0.149 e. The Morgan fingerprint density at radius 2 is 1.85 bits per heavy atom. The van der Waals surface area contributed by atoms with Gasteiger partial charge in [-0.05, 0) is 41.8 Å². The van der Waals surface area contributed by atoms with Gasteiger partial charge in [-0.3, -0.25) is 0 Å². The zero-order chi connectivity index (χ0) is 14.1. The normalized spacial score (nSPS) is 10.7. The van der Waals surface area contributed by atoms with Crippen LogP contribution < -0.4 is 11.1 Å². The molecule has 0 aliphatic rings. The van der Waals surface area contributed by atoms with E-state index in [1.807, 2.05) is 12.1 Å². The number of halogens is 2. The fourth-order valence-corrected chi connectivity index (χ4v) is 2.01. The summed E-state index contributed by atoms with van der Waals surface area (Å²) >= 11 is 0. The molecule has 1 aromatic heterocycles. The van der Waals surface area contributed by atoms with Crippen molar-refractivity contribution in [2.75, 3.05) is 11.1 Å². The molecule has 0 bridgehead atoms. The molecule has 3 nitrogen and oxygen atoms in total. The highest BCUT2D eigenvalue weighted by molar-refractivity contribution is 5.94. The van der Waals surface area contributed by atoms with Crippen LogP contribution in [-0.4, -0.2) is 4.98 Å². The first-order valence-corrected chi connectivity index (χ1v) is 6.00. The van der Waals surface area contributed by atoms with Crippen LogP contribution in [0.4, 0.5) is 26.0 Å². The summed E-state index contributed by atoms with van der Waals surface area (Å²) in [5, 5.41) is 4.57. The molecule has 0 radical (unpaired) electrons. The Kier molecular flexibility index (Phi) is 2.95. The first kappa shape index (κ1) is 12.3. The van der Waals surface area contributed by atoms with Crippen molar-refractivity contribution in [1.82, 2.24) is 4.98 Å². The molecular weight excluding hydrogens is 260 g/mol. The maximum Gasteiger partial charge on any atom is 0.149 e. The number of anilines is 3. The molecule has 3 aromatic rings. The average molecular weight is 271 g/mol. The van der Waals surface area contributed by atoms with E-state index in [-0.39, 0.29) is 5.69 Å². The topological polar surface area (TPSA) is 50.9 Å². The number of nitrogens with one attached hydrogen (secondary N) is 1. The number of aromatic nitrogens is 1. The van der Waals surface area contributed by atoms with Crippen molar-refractivity contribution in [2.45, 2.75) is 0 Å². The summed E-state index contributed by atoms with van der Waals surface area (Å²) in [4.78, 5) is 4.18. The van der Waals surface area contributed by atoms with Gasteiger partial charge in [0, 0.05) is 23.3 Å². The molecule has 0 aliphatic carbocycles. The summed E-state index contributed by atoms with van der Waals surface area (Å²) in [7, 11) is 0. The lowest BCUT2D eigenvalue weighted by atomic mass is 10.1. The second-order valence-corrected chi connectivity index (χ2v) is 4.39. The molecule has 0 saturated heterocycles. The highest BCUT2D eigenvalue weighted by Gasteiger charge is 2.07. The van der Waals surface area contributed by atoms with Crippen LogP contribution in [0, 0.1) is 11.6 Å². The second-order valence-electron chi connectivity index (χ2n) is 4.39. The van der Waals surface area contributed by atoms with E-state index >= 15 is 0 Å². The summed E-state index contributed by atoms with van der Waals surface area (Å²) in [6.45, 7) is 0. The number of nitrogen functional groups attached to an aromatic ring is 1. The molecule has 0 spiro atoms. The van der Waals surface area contributed by atoms with E-state index in [9.17, 15) is 8.78 Å². The maximum absolute atomic E-state index is 13.7. The van der Waals surface area contributed by atoms with Crippen molar-refractivity contribution >= 4 is 28.0 Å². The Labute approximate surface area is 114 Å². The van der Waals surface area contributed by atoms with Crippen LogP contribution in [0.1, 0.15) is 0 Å². The van der Waals surface area contributed by atoms with E-state index < -0.39 is 11.6 Å². The second kappa shape index (κ2) is 4.77. The van der Waals surface area contributed by atoms with Crippen LogP contribution in [0.5, 0.6) is 0 Å². The monoisotopic (exact) mass is 271 g/mol. The van der Waals surface area contributed by atoms with Gasteiger partial charge in [-0.1, -0.05) is 0 Å². The van der Waals surface area contributed by atoms with Crippen LogP contribution in [-0.2, 0) is 0 Å². The molecule has 2 aromatic carbocycles. The standard InChI is InChI=1S/C15H11F2N3/c16-10-1-4-14(13(17)8-10)20-15-12-3-2-11(18)7-9(12)5-6-19-15/h1-8H,18H2,(H,19,20). The van der Waals surface area contributed by atoms with Gasteiger partial charge in [-0.2, -0.15) is 0 Å². The predicted molar refractivity (Wildman–Crippen MR) is 75.8 cm³/mol. The van der Waals surface area contributed by atoms with Crippen molar-refractivity contribution < 1.29 is 8.78 Å².